The Morgan fingerprint density at radius 2 is 1.82 bits per heavy atom. The monoisotopic (exact) mass is 241 g/mol. The van der Waals surface area contributed by atoms with Gasteiger partial charge >= 0.3 is 5.97 Å². The van der Waals surface area contributed by atoms with Crippen molar-refractivity contribution >= 4 is 11.9 Å². The predicted octanol–water partition coefficient (Wildman–Crippen LogP) is 2.18. The van der Waals surface area contributed by atoms with Gasteiger partial charge in [0.1, 0.15) is 6.04 Å². The van der Waals surface area contributed by atoms with Crippen LogP contribution in [0, 0.1) is 11.3 Å². The fraction of sp³-hybridized carbons (Fsp3) is 0.846. The topological polar surface area (TPSA) is 66.4 Å². The minimum absolute atomic E-state index is 0.0944. The van der Waals surface area contributed by atoms with Crippen molar-refractivity contribution in [1.29, 1.82) is 0 Å². The van der Waals surface area contributed by atoms with Gasteiger partial charge in [-0.2, -0.15) is 0 Å². The fourth-order valence-corrected chi connectivity index (χ4v) is 2.41. The molecule has 4 nitrogen and oxygen atoms in total. The SMILES string of the molecule is CC(C)C[C@H](NC(=O)C1(C)CCCC1)C(=O)O. The van der Waals surface area contributed by atoms with Gasteiger partial charge in [0.25, 0.3) is 0 Å². The molecule has 1 fully saturated rings. The molecule has 1 rings (SSSR count). The van der Waals surface area contributed by atoms with Gasteiger partial charge in [0.05, 0.1) is 0 Å². The summed E-state index contributed by atoms with van der Waals surface area (Å²) in [5.41, 5.74) is -0.356. The van der Waals surface area contributed by atoms with Gasteiger partial charge in [-0.1, -0.05) is 33.6 Å². The quantitative estimate of drug-likeness (QED) is 0.775. The highest BCUT2D eigenvalue weighted by molar-refractivity contribution is 5.87. The number of hydrogen-bond acceptors (Lipinski definition) is 2. The number of rotatable bonds is 5. The van der Waals surface area contributed by atoms with Crippen molar-refractivity contribution in [3.63, 3.8) is 0 Å². The molecule has 1 aliphatic rings. The van der Waals surface area contributed by atoms with Gasteiger partial charge in [0, 0.05) is 5.41 Å². The van der Waals surface area contributed by atoms with Crippen molar-refractivity contribution in [2.45, 2.75) is 58.9 Å². The average molecular weight is 241 g/mol. The van der Waals surface area contributed by atoms with Crippen molar-refractivity contribution < 1.29 is 14.7 Å². The molecule has 0 spiro atoms. The summed E-state index contributed by atoms with van der Waals surface area (Å²) >= 11 is 0. The van der Waals surface area contributed by atoms with Gasteiger partial charge in [0.2, 0.25) is 5.91 Å². The van der Waals surface area contributed by atoms with E-state index in [1.165, 1.54) is 0 Å². The van der Waals surface area contributed by atoms with Gasteiger partial charge < -0.3 is 10.4 Å². The third kappa shape index (κ3) is 3.72. The summed E-state index contributed by atoms with van der Waals surface area (Å²) in [6, 6.07) is -0.750. The molecule has 2 N–H and O–H groups in total. The Morgan fingerprint density at radius 3 is 2.24 bits per heavy atom. The molecule has 0 aliphatic heterocycles. The Hall–Kier alpha value is -1.06. The number of aliphatic carboxylic acids is 1. The molecule has 1 atom stereocenters. The first-order valence-corrected chi connectivity index (χ1v) is 6.39. The maximum absolute atomic E-state index is 12.1. The lowest BCUT2D eigenvalue weighted by Gasteiger charge is -2.25. The number of amides is 1. The standard InChI is InChI=1S/C13H23NO3/c1-9(2)8-10(11(15)16)14-12(17)13(3)6-4-5-7-13/h9-10H,4-8H2,1-3H3,(H,14,17)(H,15,16)/t10-/m0/s1. The van der Waals surface area contributed by atoms with E-state index in [0.29, 0.717) is 6.42 Å². The number of carboxylic acid groups (broad SMARTS) is 1. The van der Waals surface area contributed by atoms with E-state index in [1.54, 1.807) is 0 Å². The number of nitrogens with one attached hydrogen (secondary N) is 1. The third-order valence-electron chi connectivity index (χ3n) is 3.57. The van der Waals surface area contributed by atoms with Crippen LogP contribution in [0.1, 0.15) is 52.9 Å². The summed E-state index contributed by atoms with van der Waals surface area (Å²) < 4.78 is 0. The van der Waals surface area contributed by atoms with Gasteiger partial charge in [0.15, 0.2) is 0 Å². The maximum atomic E-state index is 12.1. The van der Waals surface area contributed by atoms with E-state index in [9.17, 15) is 9.59 Å². The fourth-order valence-electron chi connectivity index (χ4n) is 2.41. The second-order valence-corrected chi connectivity index (χ2v) is 5.76. The molecular weight excluding hydrogens is 218 g/mol. The van der Waals surface area contributed by atoms with E-state index in [-0.39, 0.29) is 17.2 Å². The van der Waals surface area contributed by atoms with Crippen LogP contribution in [0.5, 0.6) is 0 Å². The minimum Gasteiger partial charge on any atom is -0.480 e. The molecule has 98 valence electrons. The zero-order valence-electron chi connectivity index (χ0n) is 11.0. The molecule has 17 heavy (non-hydrogen) atoms. The Balaban J connectivity index is 2.60. The first kappa shape index (κ1) is 14.0. The maximum Gasteiger partial charge on any atom is 0.326 e. The average Bonchev–Trinajstić information content (AvgIpc) is 2.64. The van der Waals surface area contributed by atoms with Crippen LogP contribution in [0.3, 0.4) is 0 Å². The van der Waals surface area contributed by atoms with E-state index < -0.39 is 12.0 Å². The van der Waals surface area contributed by atoms with Crippen LogP contribution in [-0.2, 0) is 9.59 Å². The van der Waals surface area contributed by atoms with E-state index in [0.717, 1.165) is 25.7 Å². The summed E-state index contributed by atoms with van der Waals surface area (Å²) in [5.74, 6) is -0.774. The van der Waals surface area contributed by atoms with Crippen molar-refractivity contribution in [1.82, 2.24) is 5.32 Å². The van der Waals surface area contributed by atoms with Crippen molar-refractivity contribution in [3.8, 4) is 0 Å². The molecule has 1 amide bonds. The van der Waals surface area contributed by atoms with Gasteiger partial charge in [-0.15, -0.1) is 0 Å². The lowest BCUT2D eigenvalue weighted by molar-refractivity contribution is -0.144. The molecule has 0 radical (unpaired) electrons. The first-order chi connectivity index (χ1) is 7.85. The smallest absolute Gasteiger partial charge is 0.326 e. The summed E-state index contributed by atoms with van der Waals surface area (Å²) in [4.78, 5) is 23.2. The second kappa shape index (κ2) is 5.52. The Labute approximate surface area is 103 Å². The normalized spacial score (nSPS) is 20.2. The molecular formula is C13H23NO3. The molecule has 0 aromatic carbocycles. The number of carbonyl (C=O) groups is 2. The van der Waals surface area contributed by atoms with E-state index in [4.69, 9.17) is 5.11 Å². The molecule has 0 heterocycles. The highest BCUT2D eigenvalue weighted by Crippen LogP contribution is 2.37. The second-order valence-electron chi connectivity index (χ2n) is 5.76. The lowest BCUT2D eigenvalue weighted by Crippen LogP contribution is -2.47. The number of hydrogen-bond donors (Lipinski definition) is 2. The van der Waals surface area contributed by atoms with Crippen LogP contribution in [-0.4, -0.2) is 23.0 Å². The predicted molar refractivity (Wildman–Crippen MR) is 65.6 cm³/mol. The Bertz CT molecular complexity index is 293. The summed E-state index contributed by atoms with van der Waals surface area (Å²) in [5, 5.41) is 11.8. The van der Waals surface area contributed by atoms with Gasteiger partial charge in [-0.25, -0.2) is 4.79 Å². The van der Waals surface area contributed by atoms with E-state index >= 15 is 0 Å². The molecule has 4 heteroatoms. The van der Waals surface area contributed by atoms with Gasteiger partial charge in [-0.3, -0.25) is 4.79 Å². The third-order valence-corrected chi connectivity index (χ3v) is 3.57. The molecule has 0 unspecified atom stereocenters. The Kier molecular flexibility index (Phi) is 4.54. The van der Waals surface area contributed by atoms with Gasteiger partial charge in [-0.05, 0) is 25.2 Å². The molecule has 0 aromatic heterocycles. The van der Waals surface area contributed by atoms with Crippen LogP contribution in [0.15, 0.2) is 0 Å². The van der Waals surface area contributed by atoms with Crippen LogP contribution in [0.4, 0.5) is 0 Å². The van der Waals surface area contributed by atoms with Crippen molar-refractivity contribution in [2.75, 3.05) is 0 Å². The summed E-state index contributed by atoms with van der Waals surface area (Å²) in [6.45, 7) is 5.85. The number of carbonyl (C=O) groups excluding carboxylic acids is 1. The lowest BCUT2D eigenvalue weighted by atomic mass is 9.87. The minimum atomic E-state index is -0.936. The summed E-state index contributed by atoms with van der Waals surface area (Å²) in [6.07, 6.45) is 4.34. The molecule has 0 saturated heterocycles. The molecule has 1 aliphatic carbocycles. The van der Waals surface area contributed by atoms with Crippen molar-refractivity contribution in [3.05, 3.63) is 0 Å². The summed E-state index contributed by atoms with van der Waals surface area (Å²) in [7, 11) is 0. The molecule has 0 bridgehead atoms. The van der Waals surface area contributed by atoms with E-state index in [1.807, 2.05) is 20.8 Å². The Morgan fingerprint density at radius 1 is 1.29 bits per heavy atom. The highest BCUT2D eigenvalue weighted by Gasteiger charge is 2.38. The zero-order chi connectivity index (χ0) is 13.1. The van der Waals surface area contributed by atoms with Crippen LogP contribution >= 0.6 is 0 Å². The zero-order valence-corrected chi connectivity index (χ0v) is 11.0. The molecule has 1 saturated carbocycles. The molecule has 0 aromatic rings. The highest BCUT2D eigenvalue weighted by atomic mass is 16.4. The van der Waals surface area contributed by atoms with Crippen molar-refractivity contribution in [2.24, 2.45) is 11.3 Å². The number of carboxylic acids is 1. The van der Waals surface area contributed by atoms with E-state index in [2.05, 4.69) is 5.32 Å². The van der Waals surface area contributed by atoms with Crippen LogP contribution in [0.25, 0.3) is 0 Å². The van der Waals surface area contributed by atoms with Crippen LogP contribution in [0.2, 0.25) is 0 Å². The first-order valence-electron chi connectivity index (χ1n) is 6.39. The largest absolute Gasteiger partial charge is 0.480 e. The van der Waals surface area contributed by atoms with Crippen LogP contribution < -0.4 is 5.32 Å².